The summed E-state index contributed by atoms with van der Waals surface area (Å²) in [6, 6.07) is 0. The largest absolute Gasteiger partial charge is 0.469 e. The van der Waals surface area contributed by atoms with Crippen LogP contribution in [0.5, 0.6) is 0 Å². The molecule has 0 amide bonds. The molecule has 0 heterocycles. The van der Waals surface area contributed by atoms with E-state index in [2.05, 4.69) is 11.4 Å². The molecule has 0 fully saturated rings. The monoisotopic (exact) mass is 400 g/mol. The van der Waals surface area contributed by atoms with Crippen molar-refractivity contribution in [2.45, 2.75) is 96.8 Å². The third-order valence-electron chi connectivity index (χ3n) is 3.76. The Labute approximate surface area is 228 Å². The maximum absolute atomic E-state index is 10.4. The fourth-order valence-corrected chi connectivity index (χ4v) is 2.85. The van der Waals surface area contributed by atoms with Gasteiger partial charge in [-0.15, -0.1) is 0 Å². The summed E-state index contributed by atoms with van der Waals surface area (Å²) in [6.07, 6.45) is 17.8. The SMILES string of the molecule is CCCCCCCCCCCCCCCCOP(=O)(O)O.[K].[K]. The van der Waals surface area contributed by atoms with Gasteiger partial charge in [-0.2, -0.15) is 0 Å². The topological polar surface area (TPSA) is 66.8 Å². The summed E-state index contributed by atoms with van der Waals surface area (Å²) in [5, 5.41) is 0. The van der Waals surface area contributed by atoms with Crippen LogP contribution in [0.4, 0.5) is 0 Å². The molecule has 4 nitrogen and oxygen atoms in total. The Kier molecular flexibility index (Phi) is 31.7. The molecule has 0 aromatic heterocycles. The number of phosphoric acid groups is 1. The fourth-order valence-electron chi connectivity index (χ4n) is 2.48. The van der Waals surface area contributed by atoms with Crippen molar-refractivity contribution in [2.24, 2.45) is 0 Å². The van der Waals surface area contributed by atoms with Gasteiger partial charge in [0, 0.05) is 103 Å². The summed E-state index contributed by atoms with van der Waals surface area (Å²) in [5.74, 6) is 0. The van der Waals surface area contributed by atoms with Gasteiger partial charge in [-0.1, -0.05) is 90.4 Å². The van der Waals surface area contributed by atoms with Crippen LogP contribution in [0.1, 0.15) is 96.8 Å². The minimum absolute atomic E-state index is 0. The van der Waals surface area contributed by atoms with Crippen LogP contribution >= 0.6 is 7.82 Å². The summed E-state index contributed by atoms with van der Waals surface area (Å²) < 4.78 is 14.8. The Bertz CT molecular complexity index is 262. The van der Waals surface area contributed by atoms with Gasteiger partial charge < -0.3 is 9.79 Å². The second-order valence-corrected chi connectivity index (χ2v) is 7.16. The van der Waals surface area contributed by atoms with Gasteiger partial charge in [0.05, 0.1) is 6.61 Å². The molecule has 0 atom stereocenters. The van der Waals surface area contributed by atoms with E-state index in [1.807, 2.05) is 0 Å². The number of phosphoric ester groups is 1. The first-order valence-electron chi connectivity index (χ1n) is 8.76. The summed E-state index contributed by atoms with van der Waals surface area (Å²) in [6.45, 7) is 2.42. The molecule has 23 heavy (non-hydrogen) atoms. The van der Waals surface area contributed by atoms with Crippen LogP contribution in [-0.4, -0.2) is 119 Å². The van der Waals surface area contributed by atoms with Crippen molar-refractivity contribution < 1.29 is 18.9 Å². The van der Waals surface area contributed by atoms with Gasteiger partial charge in [0.2, 0.25) is 0 Å². The molecule has 0 unspecified atom stereocenters. The van der Waals surface area contributed by atoms with Crippen molar-refractivity contribution in [1.29, 1.82) is 0 Å². The van der Waals surface area contributed by atoms with Crippen molar-refractivity contribution >= 4 is 111 Å². The number of hydrogen-bond donors (Lipinski definition) is 2. The summed E-state index contributed by atoms with van der Waals surface area (Å²) in [7, 11) is -4.25. The third-order valence-corrected chi connectivity index (χ3v) is 4.28. The van der Waals surface area contributed by atoms with Crippen molar-refractivity contribution in [3.63, 3.8) is 0 Å². The smallest absolute Gasteiger partial charge is 0.303 e. The molecule has 2 N–H and O–H groups in total. The van der Waals surface area contributed by atoms with Gasteiger partial charge in [0.15, 0.2) is 0 Å². The second kappa shape index (κ2) is 23.4. The van der Waals surface area contributed by atoms with Crippen LogP contribution in [0, 0.1) is 0 Å². The molecule has 0 aromatic carbocycles. The first-order valence-corrected chi connectivity index (χ1v) is 10.3. The zero-order valence-corrected chi connectivity index (χ0v) is 22.9. The first kappa shape index (κ1) is 31.1. The molecule has 0 spiro atoms. The molecule has 0 aliphatic carbocycles. The van der Waals surface area contributed by atoms with E-state index in [0.29, 0.717) is 0 Å². The normalized spacial score (nSPS) is 10.9. The number of rotatable bonds is 16. The van der Waals surface area contributed by atoms with Crippen LogP contribution in [0.2, 0.25) is 0 Å². The Morgan fingerprint density at radius 3 is 1.26 bits per heavy atom. The average molecular weight is 401 g/mol. The van der Waals surface area contributed by atoms with E-state index >= 15 is 0 Å². The van der Waals surface area contributed by atoms with Crippen molar-refractivity contribution in [1.82, 2.24) is 0 Å². The minimum Gasteiger partial charge on any atom is -0.303 e. The summed E-state index contributed by atoms with van der Waals surface area (Å²) in [5.41, 5.74) is 0. The molecule has 0 saturated heterocycles. The number of hydrogen-bond acceptors (Lipinski definition) is 2. The third kappa shape index (κ3) is 30.4. The number of unbranched alkanes of at least 4 members (excludes halogenated alkanes) is 13. The van der Waals surface area contributed by atoms with Crippen LogP contribution in [-0.2, 0) is 9.09 Å². The molecule has 0 saturated carbocycles. The van der Waals surface area contributed by atoms with Crippen LogP contribution < -0.4 is 0 Å². The Balaban J connectivity index is -0.00000200. The van der Waals surface area contributed by atoms with Gasteiger partial charge in [0.25, 0.3) is 0 Å². The van der Waals surface area contributed by atoms with E-state index in [-0.39, 0.29) is 109 Å². The zero-order valence-electron chi connectivity index (χ0n) is 15.8. The van der Waals surface area contributed by atoms with E-state index in [0.717, 1.165) is 19.3 Å². The summed E-state index contributed by atoms with van der Waals surface area (Å²) >= 11 is 0. The van der Waals surface area contributed by atoms with E-state index in [9.17, 15) is 4.57 Å². The minimum atomic E-state index is -4.25. The van der Waals surface area contributed by atoms with Gasteiger partial charge in [-0.3, -0.25) is 4.52 Å². The molecule has 0 rings (SSSR count). The van der Waals surface area contributed by atoms with Gasteiger partial charge in [-0.25, -0.2) is 4.57 Å². The van der Waals surface area contributed by atoms with Gasteiger partial charge in [-0.05, 0) is 6.42 Å². The van der Waals surface area contributed by atoms with Crippen molar-refractivity contribution in [2.75, 3.05) is 6.61 Å². The average Bonchev–Trinajstić information content (AvgIpc) is 2.42. The predicted molar refractivity (Wildman–Crippen MR) is 99.8 cm³/mol. The van der Waals surface area contributed by atoms with Gasteiger partial charge in [0.1, 0.15) is 0 Å². The Morgan fingerprint density at radius 2 is 0.957 bits per heavy atom. The van der Waals surface area contributed by atoms with E-state index in [1.54, 1.807) is 0 Å². The molecule has 0 aliphatic rings. The molecule has 0 aliphatic heterocycles. The Hall–Kier alpha value is 3.38. The molecule has 0 aromatic rings. The van der Waals surface area contributed by atoms with Gasteiger partial charge >= 0.3 is 7.82 Å². The molecule has 2 radical (unpaired) electrons. The Morgan fingerprint density at radius 1 is 0.652 bits per heavy atom. The molecular weight excluding hydrogens is 365 g/mol. The summed E-state index contributed by atoms with van der Waals surface area (Å²) in [4.78, 5) is 17.0. The maximum Gasteiger partial charge on any atom is 0.469 e. The predicted octanol–water partition coefficient (Wildman–Crippen LogP) is 4.82. The zero-order chi connectivity index (χ0) is 15.8. The van der Waals surface area contributed by atoms with Crippen LogP contribution in [0.3, 0.4) is 0 Å². The van der Waals surface area contributed by atoms with E-state index < -0.39 is 7.82 Å². The molecule has 7 heteroatoms. The van der Waals surface area contributed by atoms with E-state index in [4.69, 9.17) is 9.79 Å². The van der Waals surface area contributed by atoms with E-state index in [1.165, 1.54) is 70.6 Å². The van der Waals surface area contributed by atoms with Crippen molar-refractivity contribution in [3.8, 4) is 0 Å². The molecular formula is C16H35K2O4P. The van der Waals surface area contributed by atoms with Crippen molar-refractivity contribution in [3.05, 3.63) is 0 Å². The second-order valence-electron chi connectivity index (χ2n) is 5.92. The van der Waals surface area contributed by atoms with Crippen LogP contribution in [0.15, 0.2) is 0 Å². The fraction of sp³-hybridized carbons (Fsp3) is 1.00. The quantitative estimate of drug-likeness (QED) is 0.221. The standard InChI is InChI=1S/C16H35O4P.2K/c1-2-3-4-5-6-7-8-9-10-11-12-13-14-15-16-20-21(17,18)19;;/h2-16H2,1H3,(H2,17,18,19);;. The maximum atomic E-state index is 10.4. The first-order chi connectivity index (χ1) is 10.1. The molecule has 0 bridgehead atoms. The molecule has 130 valence electrons. The van der Waals surface area contributed by atoms with Crippen LogP contribution in [0.25, 0.3) is 0 Å².